The van der Waals surface area contributed by atoms with Crippen molar-refractivity contribution in [2.45, 2.75) is 58.7 Å². The first-order chi connectivity index (χ1) is 8.38. The van der Waals surface area contributed by atoms with Gasteiger partial charge in [-0.25, -0.2) is 0 Å². The molecule has 102 valence electrons. The predicted molar refractivity (Wildman–Crippen MR) is 70.3 cm³/mol. The quantitative estimate of drug-likeness (QED) is 0.865. The highest BCUT2D eigenvalue weighted by molar-refractivity contribution is 5.00. The van der Waals surface area contributed by atoms with E-state index < -0.39 is 0 Å². The van der Waals surface area contributed by atoms with Crippen LogP contribution in [0.3, 0.4) is 0 Å². The molecule has 0 saturated carbocycles. The number of piperazine rings is 1. The number of aromatic nitrogens is 2. The van der Waals surface area contributed by atoms with Gasteiger partial charge in [-0.15, -0.1) is 0 Å². The lowest BCUT2D eigenvalue weighted by Gasteiger charge is -2.38. The van der Waals surface area contributed by atoms with Crippen molar-refractivity contribution >= 4 is 0 Å². The van der Waals surface area contributed by atoms with Crippen LogP contribution in [-0.2, 0) is 12.0 Å². The van der Waals surface area contributed by atoms with Crippen LogP contribution in [0.1, 0.15) is 46.3 Å². The van der Waals surface area contributed by atoms with Crippen molar-refractivity contribution in [1.82, 2.24) is 20.4 Å². The minimum atomic E-state index is -0.0531. The van der Waals surface area contributed by atoms with Gasteiger partial charge in [0.15, 0.2) is 5.82 Å². The van der Waals surface area contributed by atoms with Crippen molar-refractivity contribution in [3.8, 4) is 0 Å². The molecular formula is C13H24N4O. The standard InChI is InChI=1S/C13H24N4O/c1-9-6-14-7-10(2)17(9)8-11-15-12(16-18-11)13(3,4)5/h9-10,14H,6-8H2,1-5H3. The van der Waals surface area contributed by atoms with Gasteiger partial charge in [-0.2, -0.15) is 4.98 Å². The summed E-state index contributed by atoms with van der Waals surface area (Å²) in [5.41, 5.74) is -0.0531. The van der Waals surface area contributed by atoms with E-state index in [0.717, 1.165) is 31.3 Å². The van der Waals surface area contributed by atoms with E-state index in [4.69, 9.17) is 4.52 Å². The van der Waals surface area contributed by atoms with Gasteiger partial charge in [-0.3, -0.25) is 4.90 Å². The summed E-state index contributed by atoms with van der Waals surface area (Å²) in [4.78, 5) is 6.92. The monoisotopic (exact) mass is 252 g/mol. The van der Waals surface area contributed by atoms with E-state index in [1.807, 2.05) is 0 Å². The van der Waals surface area contributed by atoms with Gasteiger partial charge in [-0.1, -0.05) is 25.9 Å². The molecule has 1 aliphatic rings. The molecule has 0 radical (unpaired) electrons. The summed E-state index contributed by atoms with van der Waals surface area (Å²) in [7, 11) is 0. The predicted octanol–water partition coefficient (Wildman–Crippen LogP) is 1.55. The first kappa shape index (κ1) is 13.5. The summed E-state index contributed by atoms with van der Waals surface area (Å²) in [6.07, 6.45) is 0. The first-order valence-electron chi connectivity index (χ1n) is 6.67. The molecule has 1 N–H and O–H groups in total. The lowest BCUT2D eigenvalue weighted by Crippen LogP contribution is -2.54. The fraction of sp³-hybridized carbons (Fsp3) is 0.846. The molecule has 2 atom stereocenters. The molecular weight excluding hydrogens is 228 g/mol. The Balaban J connectivity index is 2.06. The maximum absolute atomic E-state index is 5.37. The van der Waals surface area contributed by atoms with Crippen molar-refractivity contribution in [2.75, 3.05) is 13.1 Å². The summed E-state index contributed by atoms with van der Waals surface area (Å²) in [6, 6.07) is 0.998. The zero-order chi connectivity index (χ0) is 13.3. The minimum absolute atomic E-state index is 0.0531. The molecule has 0 aliphatic carbocycles. The molecule has 5 heteroatoms. The Bertz CT molecular complexity index is 386. The van der Waals surface area contributed by atoms with Gasteiger partial charge in [-0.05, 0) is 13.8 Å². The number of rotatable bonds is 2. The molecule has 1 fully saturated rings. The molecule has 2 unspecified atom stereocenters. The summed E-state index contributed by atoms with van der Waals surface area (Å²) >= 11 is 0. The summed E-state index contributed by atoms with van der Waals surface area (Å²) in [5, 5.41) is 7.50. The molecule has 0 aromatic carbocycles. The van der Waals surface area contributed by atoms with Gasteiger partial charge in [0.05, 0.1) is 6.54 Å². The van der Waals surface area contributed by atoms with E-state index in [0.29, 0.717) is 12.1 Å². The fourth-order valence-electron chi connectivity index (χ4n) is 2.26. The topological polar surface area (TPSA) is 54.2 Å². The van der Waals surface area contributed by atoms with E-state index in [1.165, 1.54) is 0 Å². The molecule has 0 amide bonds. The van der Waals surface area contributed by atoms with Crippen molar-refractivity contribution in [3.05, 3.63) is 11.7 Å². The Kier molecular flexibility index (Phi) is 3.73. The second kappa shape index (κ2) is 4.97. The SMILES string of the molecule is CC1CNCC(C)N1Cc1nc(C(C)(C)C)no1. The Labute approximate surface area is 109 Å². The molecule has 5 nitrogen and oxygen atoms in total. The number of hydrogen-bond donors (Lipinski definition) is 1. The summed E-state index contributed by atoms with van der Waals surface area (Å²) in [5.74, 6) is 1.51. The van der Waals surface area contributed by atoms with E-state index in [1.54, 1.807) is 0 Å². The fourth-order valence-corrected chi connectivity index (χ4v) is 2.26. The van der Waals surface area contributed by atoms with Gasteiger partial charge in [0, 0.05) is 30.6 Å². The van der Waals surface area contributed by atoms with Crippen molar-refractivity contribution in [2.24, 2.45) is 0 Å². The van der Waals surface area contributed by atoms with Crippen molar-refractivity contribution < 1.29 is 4.52 Å². The van der Waals surface area contributed by atoms with Crippen LogP contribution in [0.15, 0.2) is 4.52 Å². The Morgan fingerprint density at radius 1 is 1.28 bits per heavy atom. The third kappa shape index (κ3) is 2.90. The number of hydrogen-bond acceptors (Lipinski definition) is 5. The molecule has 0 spiro atoms. The first-order valence-corrected chi connectivity index (χ1v) is 6.67. The van der Waals surface area contributed by atoms with Crippen LogP contribution in [0.5, 0.6) is 0 Å². The Morgan fingerprint density at radius 3 is 2.39 bits per heavy atom. The molecule has 0 bridgehead atoms. The third-order valence-electron chi connectivity index (χ3n) is 3.47. The van der Waals surface area contributed by atoms with Gasteiger partial charge in [0.1, 0.15) is 0 Å². The lowest BCUT2D eigenvalue weighted by atomic mass is 9.96. The maximum Gasteiger partial charge on any atom is 0.240 e. The van der Waals surface area contributed by atoms with Gasteiger partial charge in [0.2, 0.25) is 5.89 Å². The molecule has 1 aromatic heterocycles. The van der Waals surface area contributed by atoms with Crippen molar-refractivity contribution in [1.29, 1.82) is 0 Å². The largest absolute Gasteiger partial charge is 0.338 e. The zero-order valence-electron chi connectivity index (χ0n) is 12.0. The second-order valence-electron chi connectivity index (χ2n) is 6.29. The molecule has 2 heterocycles. The van der Waals surface area contributed by atoms with Crippen molar-refractivity contribution in [3.63, 3.8) is 0 Å². The highest BCUT2D eigenvalue weighted by Gasteiger charge is 2.27. The van der Waals surface area contributed by atoms with Gasteiger partial charge < -0.3 is 9.84 Å². The van der Waals surface area contributed by atoms with Crippen LogP contribution < -0.4 is 5.32 Å². The second-order valence-corrected chi connectivity index (χ2v) is 6.29. The minimum Gasteiger partial charge on any atom is -0.338 e. The van der Waals surface area contributed by atoms with E-state index in [9.17, 15) is 0 Å². The lowest BCUT2D eigenvalue weighted by molar-refractivity contribution is 0.0947. The summed E-state index contributed by atoms with van der Waals surface area (Å²) < 4.78 is 5.37. The molecule has 1 aliphatic heterocycles. The van der Waals surface area contributed by atoms with Crippen LogP contribution in [0.4, 0.5) is 0 Å². The Morgan fingerprint density at radius 2 is 1.89 bits per heavy atom. The van der Waals surface area contributed by atoms with Crippen LogP contribution >= 0.6 is 0 Å². The van der Waals surface area contributed by atoms with E-state index >= 15 is 0 Å². The molecule has 1 aromatic rings. The highest BCUT2D eigenvalue weighted by atomic mass is 16.5. The normalized spacial score (nSPS) is 26.5. The Hall–Kier alpha value is -0.940. The van der Waals surface area contributed by atoms with E-state index in [-0.39, 0.29) is 5.41 Å². The molecule has 18 heavy (non-hydrogen) atoms. The van der Waals surface area contributed by atoms with Crippen LogP contribution in [0.2, 0.25) is 0 Å². The number of nitrogens with zero attached hydrogens (tertiary/aromatic N) is 3. The summed E-state index contributed by atoms with van der Waals surface area (Å²) in [6.45, 7) is 13.5. The van der Waals surface area contributed by atoms with E-state index in [2.05, 4.69) is 55.0 Å². The highest BCUT2D eigenvalue weighted by Crippen LogP contribution is 2.20. The van der Waals surface area contributed by atoms with Gasteiger partial charge in [0.25, 0.3) is 0 Å². The molecule has 1 saturated heterocycles. The van der Waals surface area contributed by atoms with Crippen LogP contribution in [0, 0.1) is 0 Å². The third-order valence-corrected chi connectivity index (χ3v) is 3.47. The van der Waals surface area contributed by atoms with Gasteiger partial charge >= 0.3 is 0 Å². The van der Waals surface area contributed by atoms with Crippen LogP contribution in [-0.4, -0.2) is 40.2 Å². The smallest absolute Gasteiger partial charge is 0.240 e. The average Bonchev–Trinajstić information content (AvgIpc) is 2.72. The van der Waals surface area contributed by atoms with Crippen LogP contribution in [0.25, 0.3) is 0 Å². The number of nitrogens with one attached hydrogen (secondary N) is 1. The molecule has 2 rings (SSSR count). The zero-order valence-corrected chi connectivity index (χ0v) is 12.0. The average molecular weight is 252 g/mol. The maximum atomic E-state index is 5.37.